The summed E-state index contributed by atoms with van der Waals surface area (Å²) in [5.74, 6) is -0.234. The van der Waals surface area contributed by atoms with Crippen LogP contribution >= 0.6 is 11.6 Å². The predicted octanol–water partition coefficient (Wildman–Crippen LogP) is 2.29. The summed E-state index contributed by atoms with van der Waals surface area (Å²) in [6.45, 7) is 3.30. The molecule has 2 atom stereocenters. The second kappa shape index (κ2) is 5.24. The highest BCUT2D eigenvalue weighted by atomic mass is 35.5. The summed E-state index contributed by atoms with van der Waals surface area (Å²) in [4.78, 5) is 13.9. The average Bonchev–Trinajstić information content (AvgIpc) is 2.35. The fourth-order valence-electron chi connectivity index (χ4n) is 2.10. The Labute approximate surface area is 111 Å². The largest absolute Gasteiger partial charge is 0.337 e. The predicted molar refractivity (Wildman–Crippen MR) is 69.1 cm³/mol. The molecule has 1 fully saturated rings. The SMILES string of the molecule is CC1CCN(C(=O)c2ccc(F)c(Cl)c2)CC1N. The molecule has 0 saturated carbocycles. The van der Waals surface area contributed by atoms with Gasteiger partial charge in [0.15, 0.2) is 0 Å². The van der Waals surface area contributed by atoms with Gasteiger partial charge in [-0.2, -0.15) is 0 Å². The minimum Gasteiger partial charge on any atom is -0.337 e. The van der Waals surface area contributed by atoms with Crippen molar-refractivity contribution in [2.24, 2.45) is 11.7 Å². The lowest BCUT2D eigenvalue weighted by molar-refractivity contribution is 0.0672. The normalized spacial score (nSPS) is 24.1. The zero-order valence-electron chi connectivity index (χ0n) is 10.2. The van der Waals surface area contributed by atoms with Crippen molar-refractivity contribution in [3.8, 4) is 0 Å². The molecule has 1 aliphatic heterocycles. The molecule has 5 heteroatoms. The molecule has 2 N–H and O–H groups in total. The highest BCUT2D eigenvalue weighted by Crippen LogP contribution is 2.20. The number of benzene rings is 1. The number of hydrogen-bond donors (Lipinski definition) is 1. The first kappa shape index (κ1) is 13.3. The summed E-state index contributed by atoms with van der Waals surface area (Å²) in [6, 6.07) is 4.02. The lowest BCUT2D eigenvalue weighted by Gasteiger charge is -2.35. The Morgan fingerprint density at radius 1 is 1.56 bits per heavy atom. The van der Waals surface area contributed by atoms with Gasteiger partial charge in [0.25, 0.3) is 5.91 Å². The van der Waals surface area contributed by atoms with Crippen molar-refractivity contribution in [1.29, 1.82) is 0 Å². The van der Waals surface area contributed by atoms with Crippen LogP contribution < -0.4 is 5.73 Å². The van der Waals surface area contributed by atoms with Crippen molar-refractivity contribution in [2.45, 2.75) is 19.4 Å². The van der Waals surface area contributed by atoms with Crippen LogP contribution in [0.1, 0.15) is 23.7 Å². The van der Waals surface area contributed by atoms with E-state index in [-0.39, 0.29) is 17.0 Å². The van der Waals surface area contributed by atoms with Crippen LogP contribution in [0.15, 0.2) is 18.2 Å². The van der Waals surface area contributed by atoms with Gasteiger partial charge in [0.05, 0.1) is 5.02 Å². The van der Waals surface area contributed by atoms with Crippen molar-refractivity contribution in [3.05, 3.63) is 34.6 Å². The van der Waals surface area contributed by atoms with Crippen molar-refractivity contribution in [1.82, 2.24) is 4.90 Å². The molecule has 18 heavy (non-hydrogen) atoms. The van der Waals surface area contributed by atoms with Gasteiger partial charge in [0, 0.05) is 24.7 Å². The Hall–Kier alpha value is -1.13. The second-order valence-electron chi connectivity index (χ2n) is 4.81. The Bertz CT molecular complexity index is 466. The van der Waals surface area contributed by atoms with Gasteiger partial charge in [-0.3, -0.25) is 4.79 Å². The van der Waals surface area contributed by atoms with Crippen molar-refractivity contribution in [3.63, 3.8) is 0 Å². The molecule has 3 nitrogen and oxygen atoms in total. The summed E-state index contributed by atoms with van der Waals surface area (Å²) < 4.78 is 13.0. The van der Waals surface area contributed by atoms with Gasteiger partial charge in [-0.05, 0) is 30.5 Å². The number of halogens is 2. The molecule has 1 aromatic carbocycles. The third-order valence-corrected chi connectivity index (χ3v) is 3.76. The molecule has 1 aliphatic rings. The number of carbonyl (C=O) groups is 1. The fraction of sp³-hybridized carbons (Fsp3) is 0.462. The number of nitrogens with zero attached hydrogens (tertiary/aromatic N) is 1. The number of piperidine rings is 1. The highest BCUT2D eigenvalue weighted by molar-refractivity contribution is 6.31. The van der Waals surface area contributed by atoms with Crippen LogP contribution in [0.2, 0.25) is 5.02 Å². The first-order valence-electron chi connectivity index (χ1n) is 5.99. The molecule has 1 saturated heterocycles. The number of carbonyl (C=O) groups excluding carboxylic acids is 1. The standard InChI is InChI=1S/C13H16ClFN2O/c1-8-4-5-17(7-12(8)16)13(18)9-2-3-11(15)10(14)6-9/h2-3,6,8,12H,4-5,7,16H2,1H3. The number of likely N-dealkylation sites (tertiary alicyclic amines) is 1. The van der Waals surface area contributed by atoms with Crippen molar-refractivity contribution in [2.75, 3.05) is 13.1 Å². The summed E-state index contributed by atoms with van der Waals surface area (Å²) in [6.07, 6.45) is 0.891. The van der Waals surface area contributed by atoms with Gasteiger partial charge in [0.1, 0.15) is 5.82 Å². The molecule has 0 aliphatic carbocycles. The van der Waals surface area contributed by atoms with Gasteiger partial charge in [-0.15, -0.1) is 0 Å². The molecule has 1 amide bonds. The van der Waals surface area contributed by atoms with Gasteiger partial charge in [-0.1, -0.05) is 18.5 Å². The summed E-state index contributed by atoms with van der Waals surface area (Å²) in [5.41, 5.74) is 6.36. The second-order valence-corrected chi connectivity index (χ2v) is 5.22. The van der Waals surface area contributed by atoms with Crippen LogP contribution in [0.25, 0.3) is 0 Å². The Morgan fingerprint density at radius 3 is 2.89 bits per heavy atom. The van der Waals surface area contributed by atoms with Crippen LogP contribution in [0, 0.1) is 11.7 Å². The monoisotopic (exact) mass is 270 g/mol. The molecule has 2 unspecified atom stereocenters. The van der Waals surface area contributed by atoms with Crippen LogP contribution in [-0.4, -0.2) is 29.9 Å². The molecule has 2 rings (SSSR count). The first-order valence-corrected chi connectivity index (χ1v) is 6.36. The molecule has 0 spiro atoms. The van der Waals surface area contributed by atoms with E-state index in [1.54, 1.807) is 4.90 Å². The summed E-state index contributed by atoms with van der Waals surface area (Å²) in [7, 11) is 0. The first-order chi connectivity index (χ1) is 8.49. The third-order valence-electron chi connectivity index (χ3n) is 3.47. The zero-order valence-corrected chi connectivity index (χ0v) is 11.0. The number of amides is 1. The molecular weight excluding hydrogens is 255 g/mol. The number of nitrogens with two attached hydrogens (primary N) is 1. The Kier molecular flexibility index (Phi) is 3.88. The van der Waals surface area contributed by atoms with E-state index >= 15 is 0 Å². The van der Waals surface area contributed by atoms with E-state index in [4.69, 9.17) is 17.3 Å². The topological polar surface area (TPSA) is 46.3 Å². The third kappa shape index (κ3) is 2.65. The summed E-state index contributed by atoms with van der Waals surface area (Å²) in [5, 5.41) is -0.0319. The molecule has 1 aromatic rings. The number of rotatable bonds is 1. The lowest BCUT2D eigenvalue weighted by Crippen LogP contribution is -2.49. The highest BCUT2D eigenvalue weighted by Gasteiger charge is 2.27. The number of hydrogen-bond acceptors (Lipinski definition) is 2. The minimum atomic E-state index is -0.516. The lowest BCUT2D eigenvalue weighted by atomic mass is 9.94. The Morgan fingerprint density at radius 2 is 2.28 bits per heavy atom. The van der Waals surface area contributed by atoms with Gasteiger partial charge in [-0.25, -0.2) is 4.39 Å². The molecule has 98 valence electrons. The van der Waals surface area contributed by atoms with Gasteiger partial charge < -0.3 is 10.6 Å². The fourth-order valence-corrected chi connectivity index (χ4v) is 2.28. The van der Waals surface area contributed by atoms with Crippen LogP contribution in [-0.2, 0) is 0 Å². The maximum absolute atomic E-state index is 13.0. The van der Waals surface area contributed by atoms with Gasteiger partial charge in [0.2, 0.25) is 0 Å². The maximum atomic E-state index is 13.0. The van der Waals surface area contributed by atoms with E-state index in [2.05, 4.69) is 6.92 Å². The zero-order chi connectivity index (χ0) is 13.3. The smallest absolute Gasteiger partial charge is 0.253 e. The van der Waals surface area contributed by atoms with E-state index in [9.17, 15) is 9.18 Å². The quantitative estimate of drug-likeness (QED) is 0.851. The van der Waals surface area contributed by atoms with E-state index in [1.165, 1.54) is 18.2 Å². The maximum Gasteiger partial charge on any atom is 0.253 e. The van der Waals surface area contributed by atoms with Crippen LogP contribution in [0.3, 0.4) is 0 Å². The molecular formula is C13H16ClFN2O. The average molecular weight is 271 g/mol. The van der Waals surface area contributed by atoms with Crippen LogP contribution in [0.5, 0.6) is 0 Å². The van der Waals surface area contributed by atoms with E-state index in [1.807, 2.05) is 0 Å². The van der Waals surface area contributed by atoms with E-state index in [0.29, 0.717) is 24.6 Å². The molecule has 0 aromatic heterocycles. The molecule has 1 heterocycles. The van der Waals surface area contributed by atoms with E-state index < -0.39 is 5.82 Å². The van der Waals surface area contributed by atoms with Gasteiger partial charge >= 0.3 is 0 Å². The van der Waals surface area contributed by atoms with Crippen LogP contribution in [0.4, 0.5) is 4.39 Å². The van der Waals surface area contributed by atoms with E-state index in [0.717, 1.165) is 6.42 Å². The molecule has 0 bridgehead atoms. The van der Waals surface area contributed by atoms with Crippen molar-refractivity contribution < 1.29 is 9.18 Å². The summed E-state index contributed by atoms with van der Waals surface area (Å²) >= 11 is 5.68. The molecule has 0 radical (unpaired) electrons. The minimum absolute atomic E-state index is 0.00128. The Balaban J connectivity index is 2.14. The van der Waals surface area contributed by atoms with Crippen molar-refractivity contribution >= 4 is 17.5 Å².